The van der Waals surface area contributed by atoms with Gasteiger partial charge in [-0.25, -0.2) is 9.97 Å². The fraction of sp³-hybridized carbons (Fsp3) is 0.421. The fourth-order valence-electron chi connectivity index (χ4n) is 2.93. The van der Waals surface area contributed by atoms with Crippen molar-refractivity contribution in [2.24, 2.45) is 0 Å². The van der Waals surface area contributed by atoms with Crippen LogP contribution >= 0.6 is 0 Å². The van der Waals surface area contributed by atoms with Gasteiger partial charge in [-0.15, -0.1) is 0 Å². The zero-order chi connectivity index (χ0) is 16.8. The minimum atomic E-state index is 0.00341. The van der Waals surface area contributed by atoms with E-state index in [-0.39, 0.29) is 5.91 Å². The molecule has 5 nitrogen and oxygen atoms in total. The van der Waals surface area contributed by atoms with Gasteiger partial charge in [0, 0.05) is 25.0 Å². The lowest BCUT2D eigenvalue weighted by molar-refractivity contribution is 0.0755. The molecule has 0 aliphatic carbocycles. The summed E-state index contributed by atoms with van der Waals surface area (Å²) in [5.74, 6) is 0.462. The van der Waals surface area contributed by atoms with Gasteiger partial charge in [0.2, 0.25) is 5.95 Å². The maximum Gasteiger partial charge on any atom is 0.272 e. The van der Waals surface area contributed by atoms with Crippen molar-refractivity contribution >= 4 is 17.5 Å². The zero-order valence-electron chi connectivity index (χ0n) is 14.2. The Morgan fingerprint density at radius 3 is 2.46 bits per heavy atom. The van der Waals surface area contributed by atoms with Gasteiger partial charge >= 0.3 is 0 Å². The summed E-state index contributed by atoms with van der Waals surface area (Å²) >= 11 is 0. The number of aryl methyl sites for hydroxylation is 1. The molecule has 1 aromatic heterocycles. The summed E-state index contributed by atoms with van der Waals surface area (Å²) in [4.78, 5) is 23.2. The maximum absolute atomic E-state index is 12.6. The fourth-order valence-corrected chi connectivity index (χ4v) is 2.93. The van der Waals surface area contributed by atoms with E-state index >= 15 is 0 Å². The van der Waals surface area contributed by atoms with Gasteiger partial charge in [0.05, 0.1) is 0 Å². The molecule has 1 amide bonds. The molecular formula is C19H24N4O. The first-order chi connectivity index (χ1) is 11.8. The number of amides is 1. The van der Waals surface area contributed by atoms with Crippen molar-refractivity contribution in [1.29, 1.82) is 0 Å². The van der Waals surface area contributed by atoms with E-state index in [1.165, 1.54) is 18.4 Å². The Labute approximate surface area is 143 Å². The van der Waals surface area contributed by atoms with E-state index in [1.54, 1.807) is 12.3 Å². The molecule has 5 heteroatoms. The summed E-state index contributed by atoms with van der Waals surface area (Å²) in [5, 5.41) is 3.17. The van der Waals surface area contributed by atoms with Crippen LogP contribution in [-0.2, 0) is 6.42 Å². The van der Waals surface area contributed by atoms with Crippen LogP contribution in [0.5, 0.6) is 0 Å². The first-order valence-electron chi connectivity index (χ1n) is 8.74. The summed E-state index contributed by atoms with van der Waals surface area (Å²) in [5.41, 5.74) is 2.66. The monoisotopic (exact) mass is 324 g/mol. The minimum absolute atomic E-state index is 0.00341. The number of hydrogen-bond acceptors (Lipinski definition) is 4. The molecule has 0 spiro atoms. The third-order valence-corrected chi connectivity index (χ3v) is 4.39. The second-order valence-electron chi connectivity index (χ2n) is 6.15. The largest absolute Gasteiger partial charge is 0.337 e. The summed E-state index contributed by atoms with van der Waals surface area (Å²) in [6, 6.07) is 9.86. The van der Waals surface area contributed by atoms with E-state index in [0.717, 1.165) is 38.0 Å². The van der Waals surface area contributed by atoms with E-state index in [0.29, 0.717) is 11.6 Å². The highest BCUT2D eigenvalue weighted by Gasteiger charge is 2.18. The number of likely N-dealkylation sites (tertiary alicyclic amines) is 1. The average Bonchev–Trinajstić information content (AvgIpc) is 2.91. The molecule has 1 aromatic carbocycles. The Bertz CT molecular complexity index is 676. The second kappa shape index (κ2) is 7.90. The lowest BCUT2D eigenvalue weighted by Crippen LogP contribution is -2.32. The van der Waals surface area contributed by atoms with Gasteiger partial charge in [-0.05, 0) is 43.0 Å². The first kappa shape index (κ1) is 16.4. The van der Waals surface area contributed by atoms with Crippen molar-refractivity contribution < 1.29 is 4.79 Å². The third kappa shape index (κ3) is 4.10. The molecule has 0 saturated carbocycles. The van der Waals surface area contributed by atoms with E-state index in [1.807, 2.05) is 17.0 Å². The Kier molecular flexibility index (Phi) is 5.41. The molecule has 0 atom stereocenters. The molecule has 126 valence electrons. The molecule has 1 aliphatic rings. The lowest BCUT2D eigenvalue weighted by atomic mass is 10.1. The number of nitrogens with zero attached hydrogens (tertiary/aromatic N) is 3. The highest BCUT2D eigenvalue weighted by atomic mass is 16.2. The molecular weight excluding hydrogens is 300 g/mol. The van der Waals surface area contributed by atoms with Crippen molar-refractivity contribution in [2.45, 2.75) is 39.0 Å². The molecule has 1 N–H and O–H groups in total. The smallest absolute Gasteiger partial charge is 0.272 e. The first-order valence-corrected chi connectivity index (χ1v) is 8.74. The van der Waals surface area contributed by atoms with Crippen LogP contribution in [0.3, 0.4) is 0 Å². The van der Waals surface area contributed by atoms with Crippen LogP contribution in [0.4, 0.5) is 11.6 Å². The van der Waals surface area contributed by atoms with Crippen molar-refractivity contribution in [1.82, 2.24) is 14.9 Å². The van der Waals surface area contributed by atoms with Crippen molar-refractivity contribution in [3.8, 4) is 0 Å². The highest BCUT2D eigenvalue weighted by Crippen LogP contribution is 2.16. The van der Waals surface area contributed by atoms with Gasteiger partial charge in [-0.3, -0.25) is 4.79 Å². The molecule has 2 aromatic rings. The Balaban J connectivity index is 1.71. The van der Waals surface area contributed by atoms with Crippen LogP contribution in [0.2, 0.25) is 0 Å². The van der Waals surface area contributed by atoms with Gasteiger partial charge in [0.15, 0.2) is 0 Å². The number of rotatable bonds is 4. The number of aromatic nitrogens is 2. The molecule has 0 bridgehead atoms. The Morgan fingerprint density at radius 1 is 1.08 bits per heavy atom. The highest BCUT2D eigenvalue weighted by molar-refractivity contribution is 5.92. The number of carbonyl (C=O) groups excluding carboxylic acids is 1. The molecule has 3 rings (SSSR count). The number of nitrogens with one attached hydrogen (secondary N) is 1. The third-order valence-electron chi connectivity index (χ3n) is 4.39. The molecule has 0 radical (unpaired) electrons. The van der Waals surface area contributed by atoms with Crippen molar-refractivity contribution in [3.05, 3.63) is 47.8 Å². The van der Waals surface area contributed by atoms with E-state index in [9.17, 15) is 4.79 Å². The second-order valence-corrected chi connectivity index (χ2v) is 6.15. The molecule has 2 heterocycles. The average molecular weight is 324 g/mol. The lowest BCUT2D eigenvalue weighted by Gasteiger charge is -2.19. The SMILES string of the molecule is CCc1ccc(Nc2nccc(C(=O)N3CCCCCC3)n2)cc1. The van der Waals surface area contributed by atoms with Gasteiger partial charge in [-0.1, -0.05) is 31.9 Å². The topological polar surface area (TPSA) is 58.1 Å². The number of anilines is 2. The van der Waals surface area contributed by atoms with Gasteiger partial charge in [-0.2, -0.15) is 0 Å². The van der Waals surface area contributed by atoms with Crippen LogP contribution in [0.25, 0.3) is 0 Å². The maximum atomic E-state index is 12.6. The van der Waals surface area contributed by atoms with Crippen LogP contribution in [0, 0.1) is 0 Å². The van der Waals surface area contributed by atoms with Crippen molar-refractivity contribution in [3.63, 3.8) is 0 Å². The molecule has 1 aliphatic heterocycles. The van der Waals surface area contributed by atoms with Crippen LogP contribution in [-0.4, -0.2) is 33.9 Å². The quantitative estimate of drug-likeness (QED) is 0.929. The Morgan fingerprint density at radius 2 is 1.79 bits per heavy atom. The van der Waals surface area contributed by atoms with Gasteiger partial charge in [0.1, 0.15) is 5.69 Å². The summed E-state index contributed by atoms with van der Waals surface area (Å²) in [6.45, 7) is 3.78. The Hall–Kier alpha value is -2.43. The van der Waals surface area contributed by atoms with Crippen LogP contribution in [0.1, 0.15) is 48.7 Å². The molecule has 0 unspecified atom stereocenters. The van der Waals surface area contributed by atoms with Crippen molar-refractivity contribution in [2.75, 3.05) is 18.4 Å². The minimum Gasteiger partial charge on any atom is -0.337 e. The number of hydrogen-bond donors (Lipinski definition) is 1. The summed E-state index contributed by atoms with van der Waals surface area (Å²) in [7, 11) is 0. The van der Waals surface area contributed by atoms with E-state index < -0.39 is 0 Å². The van der Waals surface area contributed by atoms with E-state index in [2.05, 4.69) is 34.3 Å². The molecule has 1 fully saturated rings. The number of benzene rings is 1. The molecule has 24 heavy (non-hydrogen) atoms. The predicted octanol–water partition coefficient (Wildman–Crippen LogP) is 3.80. The van der Waals surface area contributed by atoms with Gasteiger partial charge in [0.25, 0.3) is 5.91 Å². The number of carbonyl (C=O) groups is 1. The standard InChI is InChI=1S/C19H24N4O/c1-2-15-7-9-16(10-8-15)21-19-20-12-11-17(22-19)18(24)23-13-5-3-4-6-14-23/h7-12H,2-6,13-14H2,1H3,(H,20,21,22). The summed E-state index contributed by atoms with van der Waals surface area (Å²) in [6.07, 6.45) is 7.21. The predicted molar refractivity (Wildman–Crippen MR) is 95.5 cm³/mol. The van der Waals surface area contributed by atoms with E-state index in [4.69, 9.17) is 0 Å². The van der Waals surface area contributed by atoms with Crippen LogP contribution in [0.15, 0.2) is 36.5 Å². The molecule has 1 saturated heterocycles. The van der Waals surface area contributed by atoms with Crippen LogP contribution < -0.4 is 5.32 Å². The summed E-state index contributed by atoms with van der Waals surface area (Å²) < 4.78 is 0. The van der Waals surface area contributed by atoms with Gasteiger partial charge < -0.3 is 10.2 Å². The zero-order valence-corrected chi connectivity index (χ0v) is 14.2. The normalized spacial score (nSPS) is 15.0.